The molecule has 0 saturated heterocycles. The molecule has 0 heterocycles. The van der Waals surface area contributed by atoms with Gasteiger partial charge in [-0.2, -0.15) is 0 Å². The minimum atomic E-state index is -4.37. The lowest BCUT2D eigenvalue weighted by Crippen LogP contribution is -2.54. The van der Waals surface area contributed by atoms with Crippen molar-refractivity contribution in [2.45, 2.75) is 57.1 Å². The van der Waals surface area contributed by atoms with E-state index in [0.717, 1.165) is 15.4 Å². The van der Waals surface area contributed by atoms with Gasteiger partial charge in [0.25, 0.3) is 10.0 Å². The normalized spacial score (nSPS) is 12.6. The summed E-state index contributed by atoms with van der Waals surface area (Å²) in [4.78, 5) is 30.1. The SMILES string of the molecule is CC[C@H](C)NC(=O)[C@H](Cc1ccccc1)N(Cc1c(Cl)cccc1Cl)C(=O)CN(c1cc(Cl)ccc1OC)S(=O)(=O)c1ccc(C)cc1. The quantitative estimate of drug-likeness (QED) is 0.143. The summed E-state index contributed by atoms with van der Waals surface area (Å²) in [5.41, 5.74) is 2.12. The number of hydrogen-bond donors (Lipinski definition) is 1. The number of methoxy groups -OCH3 is 1. The number of nitrogens with one attached hydrogen (secondary N) is 1. The van der Waals surface area contributed by atoms with E-state index in [9.17, 15) is 18.0 Å². The number of halogens is 3. The van der Waals surface area contributed by atoms with Crippen LogP contribution in [0.4, 0.5) is 5.69 Å². The molecule has 12 heteroatoms. The lowest BCUT2D eigenvalue weighted by molar-refractivity contribution is -0.140. The van der Waals surface area contributed by atoms with Gasteiger partial charge in [0.05, 0.1) is 17.7 Å². The number of sulfonamides is 1. The van der Waals surface area contributed by atoms with Crippen LogP contribution in [0.2, 0.25) is 15.1 Å². The second kappa shape index (κ2) is 16.6. The number of anilines is 1. The molecule has 254 valence electrons. The number of ether oxygens (including phenoxy) is 1. The Hall–Kier alpha value is -3.76. The van der Waals surface area contributed by atoms with Crippen LogP contribution in [0.1, 0.15) is 37.0 Å². The van der Waals surface area contributed by atoms with E-state index in [1.165, 1.54) is 36.3 Å². The molecular weight excluding hydrogens is 693 g/mol. The third kappa shape index (κ3) is 9.02. The summed E-state index contributed by atoms with van der Waals surface area (Å²) < 4.78 is 35.2. The molecule has 48 heavy (non-hydrogen) atoms. The van der Waals surface area contributed by atoms with Crippen molar-refractivity contribution in [3.63, 3.8) is 0 Å². The fraction of sp³-hybridized carbons (Fsp3) is 0.278. The largest absolute Gasteiger partial charge is 0.495 e. The molecule has 0 aliphatic carbocycles. The second-order valence-corrected chi connectivity index (χ2v) is 14.5. The summed E-state index contributed by atoms with van der Waals surface area (Å²) in [6.45, 7) is 4.78. The molecule has 4 aromatic rings. The van der Waals surface area contributed by atoms with E-state index in [0.29, 0.717) is 22.0 Å². The molecule has 2 amide bonds. The average Bonchev–Trinajstić information content (AvgIpc) is 3.06. The Morgan fingerprint density at radius 1 is 0.896 bits per heavy atom. The van der Waals surface area contributed by atoms with Crippen molar-refractivity contribution in [2.75, 3.05) is 18.0 Å². The highest BCUT2D eigenvalue weighted by Crippen LogP contribution is 2.35. The predicted molar refractivity (Wildman–Crippen MR) is 193 cm³/mol. The van der Waals surface area contributed by atoms with E-state index in [2.05, 4.69) is 5.32 Å². The number of aryl methyl sites for hydroxylation is 1. The van der Waals surface area contributed by atoms with Crippen LogP contribution < -0.4 is 14.4 Å². The predicted octanol–water partition coefficient (Wildman–Crippen LogP) is 7.71. The summed E-state index contributed by atoms with van der Waals surface area (Å²) in [6.07, 6.45) is 0.799. The van der Waals surface area contributed by atoms with E-state index < -0.39 is 34.4 Å². The molecule has 8 nitrogen and oxygen atoms in total. The third-order valence-corrected chi connectivity index (χ3v) is 10.7. The number of hydrogen-bond acceptors (Lipinski definition) is 5. The Bertz CT molecular complexity index is 1820. The molecule has 2 atom stereocenters. The van der Waals surface area contributed by atoms with Gasteiger partial charge in [0.15, 0.2) is 0 Å². The number of rotatable bonds is 14. The monoisotopic (exact) mass is 729 g/mol. The molecule has 0 radical (unpaired) electrons. The zero-order valence-electron chi connectivity index (χ0n) is 27.1. The van der Waals surface area contributed by atoms with Gasteiger partial charge in [-0.25, -0.2) is 8.42 Å². The van der Waals surface area contributed by atoms with E-state index >= 15 is 0 Å². The standard InChI is InChI=1S/C36H38Cl3N3O5S/c1-5-25(3)40-36(44)33(20-26-10-7-6-8-11-26)41(22-29-30(38)12-9-13-31(29)39)35(43)23-42(32-21-27(37)16-19-34(32)47-4)48(45,46)28-17-14-24(2)15-18-28/h6-19,21,25,33H,5,20,22-23H2,1-4H3,(H,40,44)/t25-,33-/m0/s1. The molecular formula is C36H38Cl3N3O5S. The first-order valence-electron chi connectivity index (χ1n) is 15.3. The van der Waals surface area contributed by atoms with Gasteiger partial charge in [-0.05, 0) is 68.3 Å². The number of carbonyl (C=O) groups is 2. The second-order valence-electron chi connectivity index (χ2n) is 11.4. The summed E-state index contributed by atoms with van der Waals surface area (Å²) in [5, 5.41) is 3.82. The highest BCUT2D eigenvalue weighted by molar-refractivity contribution is 7.92. The van der Waals surface area contributed by atoms with E-state index in [1.807, 2.05) is 51.1 Å². The fourth-order valence-corrected chi connectivity index (χ4v) is 7.16. The smallest absolute Gasteiger partial charge is 0.264 e. The van der Waals surface area contributed by atoms with Gasteiger partial charge in [-0.3, -0.25) is 13.9 Å². The van der Waals surface area contributed by atoms with Gasteiger partial charge in [0.1, 0.15) is 18.3 Å². The zero-order valence-corrected chi connectivity index (χ0v) is 30.2. The van der Waals surface area contributed by atoms with E-state index in [4.69, 9.17) is 39.5 Å². The van der Waals surface area contributed by atoms with Gasteiger partial charge < -0.3 is 15.0 Å². The van der Waals surface area contributed by atoms with Gasteiger partial charge in [-0.1, -0.05) is 95.8 Å². The molecule has 0 aliphatic heterocycles. The minimum Gasteiger partial charge on any atom is -0.495 e. The first-order valence-corrected chi connectivity index (χ1v) is 17.9. The van der Waals surface area contributed by atoms with Gasteiger partial charge >= 0.3 is 0 Å². The van der Waals surface area contributed by atoms with Gasteiger partial charge in [0, 0.05) is 39.6 Å². The number of benzene rings is 4. The molecule has 0 fully saturated rings. The van der Waals surface area contributed by atoms with E-state index in [-0.39, 0.29) is 40.4 Å². The van der Waals surface area contributed by atoms with Crippen LogP contribution >= 0.6 is 34.8 Å². The highest BCUT2D eigenvalue weighted by atomic mass is 35.5. The van der Waals surface area contributed by atoms with Crippen LogP contribution in [0.3, 0.4) is 0 Å². The summed E-state index contributed by atoms with van der Waals surface area (Å²) in [6, 6.07) is 23.8. The van der Waals surface area contributed by atoms with Crippen molar-refractivity contribution >= 4 is 62.3 Å². The van der Waals surface area contributed by atoms with Crippen LogP contribution in [0.15, 0.2) is 95.9 Å². The number of nitrogens with zero attached hydrogens (tertiary/aromatic N) is 2. The molecule has 0 unspecified atom stereocenters. The minimum absolute atomic E-state index is 0.0426. The lowest BCUT2D eigenvalue weighted by Gasteiger charge is -2.35. The van der Waals surface area contributed by atoms with Crippen molar-refractivity contribution < 1.29 is 22.7 Å². The molecule has 0 saturated carbocycles. The first kappa shape index (κ1) is 37.1. The molecule has 4 aromatic carbocycles. The van der Waals surface area contributed by atoms with Crippen LogP contribution in [-0.4, -0.2) is 50.9 Å². The molecule has 0 spiro atoms. The van der Waals surface area contributed by atoms with Crippen LogP contribution in [-0.2, 0) is 32.6 Å². The molecule has 0 bridgehead atoms. The summed E-state index contributed by atoms with van der Waals surface area (Å²) in [7, 11) is -2.98. The number of amides is 2. The highest BCUT2D eigenvalue weighted by Gasteiger charge is 2.36. The Labute approximate surface area is 297 Å². The average molecular weight is 731 g/mol. The van der Waals surface area contributed by atoms with Crippen LogP contribution in [0.25, 0.3) is 0 Å². The maximum atomic E-state index is 14.7. The molecule has 0 aromatic heterocycles. The first-order chi connectivity index (χ1) is 22.8. The van der Waals surface area contributed by atoms with Crippen LogP contribution in [0.5, 0.6) is 5.75 Å². The molecule has 0 aliphatic rings. The third-order valence-electron chi connectivity index (χ3n) is 7.96. The van der Waals surface area contributed by atoms with Crippen molar-refractivity contribution in [1.82, 2.24) is 10.2 Å². The maximum absolute atomic E-state index is 14.7. The topological polar surface area (TPSA) is 96.0 Å². The van der Waals surface area contributed by atoms with Crippen LogP contribution in [0, 0.1) is 6.92 Å². The van der Waals surface area contributed by atoms with Crippen molar-refractivity contribution in [3.8, 4) is 5.75 Å². The Kier molecular flexibility index (Phi) is 12.8. The van der Waals surface area contributed by atoms with E-state index in [1.54, 1.807) is 36.4 Å². The summed E-state index contributed by atoms with van der Waals surface area (Å²) >= 11 is 19.6. The Morgan fingerprint density at radius 3 is 2.15 bits per heavy atom. The lowest BCUT2D eigenvalue weighted by atomic mass is 10.0. The fourth-order valence-electron chi connectivity index (χ4n) is 5.06. The van der Waals surface area contributed by atoms with Gasteiger partial charge in [0.2, 0.25) is 11.8 Å². The summed E-state index contributed by atoms with van der Waals surface area (Å²) in [5.74, 6) is -0.902. The van der Waals surface area contributed by atoms with Gasteiger partial charge in [-0.15, -0.1) is 0 Å². The maximum Gasteiger partial charge on any atom is 0.264 e. The molecule has 4 rings (SSSR count). The Balaban J connectivity index is 1.89. The zero-order chi connectivity index (χ0) is 35.0. The van der Waals surface area contributed by atoms with Crippen molar-refractivity contribution in [3.05, 3.63) is 123 Å². The van der Waals surface area contributed by atoms with Crippen molar-refractivity contribution in [2.24, 2.45) is 0 Å². The Morgan fingerprint density at radius 2 is 1.54 bits per heavy atom. The van der Waals surface area contributed by atoms with Crippen molar-refractivity contribution in [1.29, 1.82) is 0 Å². The number of carbonyl (C=O) groups excluding carboxylic acids is 2. The molecule has 1 N–H and O–H groups in total.